The Hall–Kier alpha value is -1.11. The fraction of sp³-hybridized carbons (Fsp3) is 0.600. The first-order valence-electron chi connectivity index (χ1n) is 7.26. The van der Waals surface area contributed by atoms with E-state index in [1.165, 1.54) is 4.31 Å². The Bertz CT molecular complexity index is 605. The first-order valence-corrected chi connectivity index (χ1v) is 8.71. The fourth-order valence-electron chi connectivity index (χ4n) is 2.80. The zero-order chi connectivity index (χ0) is 15.8. The average molecular weight is 311 g/mol. The van der Waals surface area contributed by atoms with Crippen molar-refractivity contribution in [1.29, 1.82) is 0 Å². The molecule has 1 unspecified atom stereocenters. The number of likely N-dealkylation sites (N-methyl/N-ethyl adjacent to an activating group) is 2. The van der Waals surface area contributed by atoms with Crippen molar-refractivity contribution in [3.8, 4) is 0 Å². The summed E-state index contributed by atoms with van der Waals surface area (Å²) < 4.78 is 27.1. The zero-order valence-electron chi connectivity index (χ0n) is 13.3. The Morgan fingerprint density at radius 3 is 2.57 bits per heavy atom. The van der Waals surface area contributed by atoms with Gasteiger partial charge in [0.2, 0.25) is 10.0 Å². The van der Waals surface area contributed by atoms with Gasteiger partial charge in [-0.1, -0.05) is 0 Å². The van der Waals surface area contributed by atoms with Crippen LogP contribution < -0.4 is 5.73 Å². The molecule has 1 aliphatic heterocycles. The lowest BCUT2D eigenvalue weighted by Gasteiger charge is -2.35. The SMILES string of the molecule is Cc1cc(S(=O)(=O)N(C)C2CCCN(C)C2)cc(N)c1C. The van der Waals surface area contributed by atoms with Crippen molar-refractivity contribution in [3.05, 3.63) is 23.3 Å². The molecule has 1 aromatic carbocycles. The van der Waals surface area contributed by atoms with Crippen LogP contribution in [0, 0.1) is 13.8 Å². The molecule has 0 aromatic heterocycles. The molecule has 118 valence electrons. The Labute approximate surface area is 127 Å². The third-order valence-electron chi connectivity index (χ3n) is 4.47. The molecule has 6 heteroatoms. The monoisotopic (exact) mass is 311 g/mol. The number of rotatable bonds is 3. The lowest BCUT2D eigenvalue weighted by Crippen LogP contribution is -2.47. The van der Waals surface area contributed by atoms with Crippen molar-refractivity contribution < 1.29 is 8.42 Å². The van der Waals surface area contributed by atoms with E-state index in [2.05, 4.69) is 4.90 Å². The van der Waals surface area contributed by atoms with Crippen molar-refractivity contribution in [3.63, 3.8) is 0 Å². The highest BCUT2D eigenvalue weighted by atomic mass is 32.2. The quantitative estimate of drug-likeness (QED) is 0.861. The normalized spacial score (nSPS) is 20.9. The van der Waals surface area contributed by atoms with E-state index in [0.717, 1.165) is 37.1 Å². The molecule has 1 saturated heterocycles. The molecule has 1 heterocycles. The molecular weight excluding hydrogens is 286 g/mol. The molecule has 0 radical (unpaired) electrons. The molecule has 0 amide bonds. The van der Waals surface area contributed by atoms with E-state index in [0.29, 0.717) is 10.6 Å². The molecule has 0 saturated carbocycles. The number of nitrogens with zero attached hydrogens (tertiary/aromatic N) is 2. The molecule has 0 spiro atoms. The van der Waals surface area contributed by atoms with Gasteiger partial charge in [0.15, 0.2) is 0 Å². The molecule has 2 N–H and O–H groups in total. The van der Waals surface area contributed by atoms with E-state index in [1.54, 1.807) is 19.2 Å². The van der Waals surface area contributed by atoms with Crippen molar-refractivity contribution in [1.82, 2.24) is 9.21 Å². The van der Waals surface area contributed by atoms with Gasteiger partial charge in [0.25, 0.3) is 0 Å². The highest BCUT2D eigenvalue weighted by Gasteiger charge is 2.30. The van der Waals surface area contributed by atoms with Gasteiger partial charge in [-0.15, -0.1) is 0 Å². The topological polar surface area (TPSA) is 66.6 Å². The molecule has 21 heavy (non-hydrogen) atoms. The lowest BCUT2D eigenvalue weighted by atomic mass is 10.1. The number of piperidine rings is 1. The van der Waals surface area contributed by atoms with Crippen molar-refractivity contribution >= 4 is 15.7 Å². The second kappa shape index (κ2) is 5.94. The van der Waals surface area contributed by atoms with Crippen LogP contribution in [-0.2, 0) is 10.0 Å². The van der Waals surface area contributed by atoms with Gasteiger partial charge in [-0.05, 0) is 63.5 Å². The van der Waals surface area contributed by atoms with Crippen LogP contribution >= 0.6 is 0 Å². The van der Waals surface area contributed by atoms with Gasteiger partial charge in [0.1, 0.15) is 0 Å². The van der Waals surface area contributed by atoms with E-state index >= 15 is 0 Å². The number of aryl methyl sites for hydroxylation is 1. The number of nitrogen functional groups attached to an aromatic ring is 1. The first kappa shape index (κ1) is 16.3. The number of sulfonamides is 1. The van der Waals surface area contributed by atoms with E-state index in [4.69, 9.17) is 5.73 Å². The van der Waals surface area contributed by atoms with Crippen LogP contribution in [0.25, 0.3) is 0 Å². The van der Waals surface area contributed by atoms with Crippen LogP contribution in [0.5, 0.6) is 0 Å². The Morgan fingerprint density at radius 1 is 1.33 bits per heavy atom. The minimum Gasteiger partial charge on any atom is -0.398 e. The summed E-state index contributed by atoms with van der Waals surface area (Å²) in [4.78, 5) is 2.47. The molecule has 1 atom stereocenters. The fourth-order valence-corrected chi connectivity index (χ4v) is 4.30. The van der Waals surface area contributed by atoms with Crippen molar-refractivity contribution in [2.75, 3.05) is 32.9 Å². The summed E-state index contributed by atoms with van der Waals surface area (Å²) >= 11 is 0. The number of benzene rings is 1. The van der Waals surface area contributed by atoms with Gasteiger partial charge in [-0.3, -0.25) is 0 Å². The summed E-state index contributed by atoms with van der Waals surface area (Å²) in [6.45, 7) is 5.59. The molecule has 1 aromatic rings. The second-order valence-corrected chi connectivity index (χ2v) is 8.03. The van der Waals surface area contributed by atoms with Crippen LogP contribution in [0.3, 0.4) is 0 Å². The van der Waals surface area contributed by atoms with Crippen LogP contribution in [-0.4, -0.2) is 50.8 Å². The largest absolute Gasteiger partial charge is 0.398 e. The van der Waals surface area contributed by atoms with E-state index < -0.39 is 10.0 Å². The van der Waals surface area contributed by atoms with Crippen LogP contribution in [0.4, 0.5) is 5.69 Å². The van der Waals surface area contributed by atoms with Gasteiger partial charge >= 0.3 is 0 Å². The maximum absolute atomic E-state index is 12.8. The van der Waals surface area contributed by atoms with Crippen LogP contribution in [0.2, 0.25) is 0 Å². The summed E-state index contributed by atoms with van der Waals surface area (Å²) in [6.07, 6.45) is 1.93. The van der Waals surface area contributed by atoms with E-state index in [1.807, 2.05) is 20.9 Å². The molecule has 5 nitrogen and oxygen atoms in total. The minimum atomic E-state index is -3.50. The van der Waals surface area contributed by atoms with Crippen molar-refractivity contribution in [2.24, 2.45) is 0 Å². The molecule has 0 bridgehead atoms. The minimum absolute atomic E-state index is 0.0246. The number of hydrogen-bond acceptors (Lipinski definition) is 4. The summed E-state index contributed by atoms with van der Waals surface area (Å²) in [7, 11) is 0.202. The number of hydrogen-bond donors (Lipinski definition) is 1. The van der Waals surface area contributed by atoms with Gasteiger partial charge < -0.3 is 10.6 Å². The number of likely N-dealkylation sites (tertiary alicyclic amines) is 1. The third-order valence-corrected chi connectivity index (χ3v) is 6.36. The second-order valence-electron chi connectivity index (χ2n) is 6.03. The summed E-state index contributed by atoms with van der Waals surface area (Å²) in [5.41, 5.74) is 8.30. The van der Waals surface area contributed by atoms with Gasteiger partial charge in [-0.2, -0.15) is 4.31 Å². The first-order chi connectivity index (χ1) is 9.73. The van der Waals surface area contributed by atoms with Gasteiger partial charge in [-0.25, -0.2) is 8.42 Å². The summed E-state index contributed by atoms with van der Waals surface area (Å²) in [6, 6.07) is 3.31. The standard InChI is InChI=1S/C15H25N3O2S/c1-11-8-14(9-15(16)12(11)2)21(19,20)18(4)13-6-5-7-17(3)10-13/h8-9,13H,5-7,10,16H2,1-4H3. The highest BCUT2D eigenvalue weighted by Crippen LogP contribution is 2.26. The Kier molecular flexibility index (Phi) is 4.60. The van der Waals surface area contributed by atoms with Gasteiger partial charge in [0, 0.05) is 25.3 Å². The maximum atomic E-state index is 12.8. The van der Waals surface area contributed by atoms with Crippen LogP contribution in [0.15, 0.2) is 17.0 Å². The van der Waals surface area contributed by atoms with E-state index in [9.17, 15) is 8.42 Å². The van der Waals surface area contributed by atoms with Crippen molar-refractivity contribution in [2.45, 2.75) is 37.6 Å². The summed E-state index contributed by atoms with van der Waals surface area (Å²) in [5, 5.41) is 0. The average Bonchev–Trinajstić information content (AvgIpc) is 2.43. The molecule has 1 fully saturated rings. The number of anilines is 1. The zero-order valence-corrected chi connectivity index (χ0v) is 14.1. The van der Waals surface area contributed by atoms with Crippen LogP contribution in [0.1, 0.15) is 24.0 Å². The maximum Gasteiger partial charge on any atom is 0.243 e. The lowest BCUT2D eigenvalue weighted by molar-refractivity contribution is 0.187. The predicted molar refractivity (Wildman–Crippen MR) is 85.8 cm³/mol. The molecular formula is C15H25N3O2S. The number of nitrogens with two attached hydrogens (primary N) is 1. The Morgan fingerprint density at radius 2 is 2.00 bits per heavy atom. The Balaban J connectivity index is 2.33. The highest BCUT2D eigenvalue weighted by molar-refractivity contribution is 7.89. The van der Waals surface area contributed by atoms with Gasteiger partial charge in [0.05, 0.1) is 4.90 Å². The third kappa shape index (κ3) is 3.22. The molecule has 1 aliphatic rings. The smallest absolute Gasteiger partial charge is 0.243 e. The van der Waals surface area contributed by atoms with E-state index in [-0.39, 0.29) is 6.04 Å². The molecule has 0 aliphatic carbocycles. The predicted octanol–water partition coefficient (Wildman–Crippen LogP) is 1.60. The summed E-state index contributed by atoms with van der Waals surface area (Å²) in [5.74, 6) is 0. The molecule has 2 rings (SSSR count).